The second-order valence-electron chi connectivity index (χ2n) is 6.15. The van der Waals surface area contributed by atoms with Crippen LogP contribution in [-0.2, 0) is 16.8 Å². The maximum absolute atomic E-state index is 12.5. The third kappa shape index (κ3) is 2.50. The number of carbonyl (C=O) groups excluding carboxylic acids is 1. The van der Waals surface area contributed by atoms with Crippen molar-refractivity contribution in [3.05, 3.63) is 65.9 Å². The Morgan fingerprint density at radius 3 is 2.57 bits per heavy atom. The van der Waals surface area contributed by atoms with E-state index in [0.717, 1.165) is 30.2 Å². The number of aromatic nitrogens is 1. The molecule has 0 spiro atoms. The van der Waals surface area contributed by atoms with Crippen molar-refractivity contribution in [2.45, 2.75) is 31.2 Å². The maximum Gasteiger partial charge on any atom is 0.226 e. The van der Waals surface area contributed by atoms with Gasteiger partial charge in [0.15, 0.2) is 5.58 Å². The zero-order valence-electron chi connectivity index (χ0n) is 12.8. The van der Waals surface area contributed by atoms with E-state index in [1.54, 1.807) is 0 Å². The second kappa shape index (κ2) is 5.54. The highest BCUT2D eigenvalue weighted by Gasteiger charge is 2.39. The fraction of sp³-hybridized carbons (Fsp3) is 0.263. The summed E-state index contributed by atoms with van der Waals surface area (Å²) in [5.41, 5.74) is 2.39. The summed E-state index contributed by atoms with van der Waals surface area (Å²) >= 11 is 0. The van der Waals surface area contributed by atoms with Gasteiger partial charge < -0.3 is 9.84 Å². The van der Waals surface area contributed by atoms with Gasteiger partial charge >= 0.3 is 0 Å². The summed E-state index contributed by atoms with van der Waals surface area (Å²) < 4.78 is 5.27. The molecule has 0 bridgehead atoms. The smallest absolute Gasteiger partial charge is 0.226 e. The lowest BCUT2D eigenvalue weighted by atomic mass is 9.71. The SMILES string of the molecule is O=C(Cc1noc2ccccc12)NC1(c2ccccc2)CCC1. The van der Waals surface area contributed by atoms with Crippen molar-refractivity contribution in [2.75, 3.05) is 0 Å². The number of fused-ring (bicyclic) bond motifs is 1. The first-order valence-corrected chi connectivity index (χ1v) is 7.97. The summed E-state index contributed by atoms with van der Waals surface area (Å²) in [4.78, 5) is 12.5. The predicted octanol–water partition coefficient (Wildman–Crippen LogP) is 3.57. The molecule has 0 saturated heterocycles. The quantitative estimate of drug-likeness (QED) is 0.801. The molecule has 3 aromatic rings. The molecule has 0 radical (unpaired) electrons. The van der Waals surface area contributed by atoms with Crippen LogP contribution in [0.15, 0.2) is 59.1 Å². The van der Waals surface area contributed by atoms with E-state index < -0.39 is 0 Å². The van der Waals surface area contributed by atoms with Crippen molar-refractivity contribution in [1.82, 2.24) is 10.5 Å². The third-order valence-corrected chi connectivity index (χ3v) is 4.69. The van der Waals surface area contributed by atoms with E-state index in [-0.39, 0.29) is 17.9 Å². The molecule has 1 heterocycles. The maximum atomic E-state index is 12.5. The van der Waals surface area contributed by atoms with Gasteiger partial charge in [0.05, 0.1) is 12.0 Å². The molecule has 4 heteroatoms. The molecule has 0 aliphatic heterocycles. The molecular formula is C19H18N2O2. The number of hydrogen-bond acceptors (Lipinski definition) is 3. The predicted molar refractivity (Wildman–Crippen MR) is 87.8 cm³/mol. The van der Waals surface area contributed by atoms with Crippen LogP contribution in [0.3, 0.4) is 0 Å². The Balaban J connectivity index is 1.53. The molecular weight excluding hydrogens is 288 g/mol. The first-order chi connectivity index (χ1) is 11.3. The number of amides is 1. The molecule has 1 aliphatic carbocycles. The minimum atomic E-state index is -0.210. The molecule has 1 aliphatic rings. The third-order valence-electron chi connectivity index (χ3n) is 4.69. The van der Waals surface area contributed by atoms with Crippen LogP contribution in [0.5, 0.6) is 0 Å². The molecule has 1 N–H and O–H groups in total. The van der Waals surface area contributed by atoms with Gasteiger partial charge in [0.1, 0.15) is 5.69 Å². The zero-order chi connectivity index (χ0) is 15.7. The largest absolute Gasteiger partial charge is 0.356 e. The Labute approximate surface area is 134 Å². The first-order valence-electron chi connectivity index (χ1n) is 7.97. The van der Waals surface area contributed by atoms with Gasteiger partial charge in [-0.25, -0.2) is 0 Å². The van der Waals surface area contributed by atoms with E-state index in [2.05, 4.69) is 22.6 Å². The Hall–Kier alpha value is -2.62. The van der Waals surface area contributed by atoms with Crippen LogP contribution < -0.4 is 5.32 Å². The van der Waals surface area contributed by atoms with Crippen molar-refractivity contribution >= 4 is 16.9 Å². The average Bonchev–Trinajstić information content (AvgIpc) is 2.95. The Bertz CT molecular complexity index is 835. The molecule has 1 amide bonds. The van der Waals surface area contributed by atoms with Crippen LogP contribution in [0.25, 0.3) is 11.0 Å². The Morgan fingerprint density at radius 2 is 1.83 bits per heavy atom. The highest BCUT2D eigenvalue weighted by Crippen LogP contribution is 2.41. The van der Waals surface area contributed by atoms with E-state index in [9.17, 15) is 4.79 Å². The number of rotatable bonds is 4. The summed E-state index contributed by atoms with van der Waals surface area (Å²) in [6, 6.07) is 17.8. The van der Waals surface area contributed by atoms with Crippen LogP contribution in [0.1, 0.15) is 30.5 Å². The molecule has 1 saturated carbocycles. The number of carbonyl (C=O) groups is 1. The molecule has 1 fully saturated rings. The minimum Gasteiger partial charge on any atom is -0.356 e. The van der Waals surface area contributed by atoms with Gasteiger partial charge in [0.2, 0.25) is 5.91 Å². The Kier molecular flexibility index (Phi) is 3.37. The van der Waals surface area contributed by atoms with Gasteiger partial charge in [0.25, 0.3) is 0 Å². The summed E-state index contributed by atoms with van der Waals surface area (Å²) in [7, 11) is 0. The molecule has 23 heavy (non-hydrogen) atoms. The lowest BCUT2D eigenvalue weighted by molar-refractivity contribution is -0.123. The van der Waals surface area contributed by atoms with Crippen LogP contribution >= 0.6 is 0 Å². The highest BCUT2D eigenvalue weighted by atomic mass is 16.5. The molecule has 0 atom stereocenters. The standard InChI is InChI=1S/C19H18N2O2/c22-18(13-16-15-9-4-5-10-17(15)23-21-16)20-19(11-6-12-19)14-7-2-1-3-8-14/h1-5,7-10H,6,11-13H2,(H,20,22). The normalized spacial score (nSPS) is 16.0. The van der Waals surface area contributed by atoms with Crippen LogP contribution in [-0.4, -0.2) is 11.1 Å². The zero-order valence-corrected chi connectivity index (χ0v) is 12.8. The molecule has 1 aromatic heterocycles. The van der Waals surface area contributed by atoms with E-state index in [1.807, 2.05) is 42.5 Å². The van der Waals surface area contributed by atoms with Gasteiger partial charge in [0, 0.05) is 5.39 Å². The molecule has 4 rings (SSSR count). The van der Waals surface area contributed by atoms with Gasteiger partial charge in [-0.15, -0.1) is 0 Å². The molecule has 0 unspecified atom stereocenters. The van der Waals surface area contributed by atoms with Crippen molar-refractivity contribution < 1.29 is 9.32 Å². The van der Waals surface area contributed by atoms with Crippen molar-refractivity contribution in [1.29, 1.82) is 0 Å². The summed E-state index contributed by atoms with van der Waals surface area (Å²) in [5, 5.41) is 8.18. The summed E-state index contributed by atoms with van der Waals surface area (Å²) in [6.45, 7) is 0. The van der Waals surface area contributed by atoms with Crippen molar-refractivity contribution in [3.8, 4) is 0 Å². The van der Waals surface area contributed by atoms with Crippen molar-refractivity contribution in [3.63, 3.8) is 0 Å². The minimum absolute atomic E-state index is 0.00685. The molecule has 4 nitrogen and oxygen atoms in total. The van der Waals surface area contributed by atoms with Gasteiger partial charge in [-0.1, -0.05) is 47.6 Å². The van der Waals surface area contributed by atoms with Crippen LogP contribution in [0, 0.1) is 0 Å². The second-order valence-corrected chi connectivity index (χ2v) is 6.15. The summed E-state index contributed by atoms with van der Waals surface area (Å²) in [5.74, 6) is -0.00685. The first kappa shape index (κ1) is 14.0. The summed E-state index contributed by atoms with van der Waals surface area (Å²) in [6.07, 6.45) is 3.36. The average molecular weight is 306 g/mol. The van der Waals surface area contributed by atoms with Gasteiger partial charge in [-0.05, 0) is 37.0 Å². The fourth-order valence-electron chi connectivity index (χ4n) is 3.30. The van der Waals surface area contributed by atoms with Crippen LogP contribution in [0.2, 0.25) is 0 Å². The topological polar surface area (TPSA) is 55.1 Å². The van der Waals surface area contributed by atoms with Gasteiger partial charge in [-0.3, -0.25) is 4.79 Å². The molecule has 116 valence electrons. The lowest BCUT2D eigenvalue weighted by Gasteiger charge is -2.43. The number of nitrogens with one attached hydrogen (secondary N) is 1. The fourth-order valence-corrected chi connectivity index (χ4v) is 3.30. The van der Waals surface area contributed by atoms with E-state index in [1.165, 1.54) is 5.56 Å². The van der Waals surface area contributed by atoms with Crippen LogP contribution in [0.4, 0.5) is 0 Å². The Morgan fingerprint density at radius 1 is 1.09 bits per heavy atom. The van der Waals surface area contributed by atoms with Crippen molar-refractivity contribution in [2.24, 2.45) is 0 Å². The van der Waals surface area contributed by atoms with Gasteiger partial charge in [-0.2, -0.15) is 0 Å². The van der Waals surface area contributed by atoms with E-state index in [0.29, 0.717) is 5.69 Å². The number of hydrogen-bond donors (Lipinski definition) is 1. The lowest BCUT2D eigenvalue weighted by Crippen LogP contribution is -2.51. The van der Waals surface area contributed by atoms with E-state index in [4.69, 9.17) is 4.52 Å². The number of benzene rings is 2. The number of para-hydroxylation sites is 1. The van der Waals surface area contributed by atoms with E-state index >= 15 is 0 Å². The molecule has 2 aromatic carbocycles. The number of nitrogens with zero attached hydrogens (tertiary/aromatic N) is 1. The monoisotopic (exact) mass is 306 g/mol. The highest BCUT2D eigenvalue weighted by molar-refractivity contribution is 5.86.